The number of esters is 1. The Labute approximate surface area is 167 Å². The molecule has 3 N–H and O–H groups in total. The summed E-state index contributed by atoms with van der Waals surface area (Å²) in [5.74, 6) is -1.49. The van der Waals surface area contributed by atoms with Gasteiger partial charge in [-0.3, -0.25) is 14.9 Å². The van der Waals surface area contributed by atoms with Crippen molar-refractivity contribution in [1.82, 2.24) is 16.0 Å². The Morgan fingerprint density at radius 1 is 1.11 bits per heavy atom. The Morgan fingerprint density at radius 3 is 2.50 bits per heavy atom. The minimum absolute atomic E-state index is 0.0264. The van der Waals surface area contributed by atoms with Crippen molar-refractivity contribution in [2.24, 2.45) is 0 Å². The number of amides is 4. The number of rotatable bonds is 10. The maximum Gasteiger partial charge on any atom is 0.339 e. The fourth-order valence-electron chi connectivity index (χ4n) is 1.95. The third-order valence-electron chi connectivity index (χ3n) is 3.09. The lowest BCUT2D eigenvalue weighted by Gasteiger charge is -2.11. The summed E-state index contributed by atoms with van der Waals surface area (Å²) in [7, 11) is 1.48. The maximum atomic E-state index is 12.3. The van der Waals surface area contributed by atoms with Crippen LogP contribution in [0.2, 0.25) is 0 Å². The van der Waals surface area contributed by atoms with Gasteiger partial charge in [-0.25, -0.2) is 9.59 Å². The normalized spacial score (nSPS) is 10.3. The summed E-state index contributed by atoms with van der Waals surface area (Å²) in [4.78, 5) is 47.7. The molecule has 0 aliphatic heterocycles. The van der Waals surface area contributed by atoms with E-state index in [0.29, 0.717) is 11.5 Å². The number of hydrogen-bond acceptors (Lipinski definition) is 7. The van der Waals surface area contributed by atoms with E-state index in [4.69, 9.17) is 9.47 Å². The second kappa shape index (κ2) is 12.7. The summed E-state index contributed by atoms with van der Waals surface area (Å²) in [5, 5.41) is 7.21. The molecule has 9 nitrogen and oxygen atoms in total. The second-order valence-corrected chi connectivity index (χ2v) is 6.90. The zero-order chi connectivity index (χ0) is 20.9. The Morgan fingerprint density at radius 2 is 1.82 bits per heavy atom. The van der Waals surface area contributed by atoms with Crippen molar-refractivity contribution in [3.05, 3.63) is 29.8 Å². The molecule has 0 radical (unpaired) electrons. The van der Waals surface area contributed by atoms with Gasteiger partial charge in [-0.15, -0.1) is 11.8 Å². The molecule has 0 fully saturated rings. The van der Waals surface area contributed by atoms with Gasteiger partial charge in [-0.05, 0) is 26.0 Å². The van der Waals surface area contributed by atoms with Gasteiger partial charge in [0.1, 0.15) is 0 Å². The number of hydrogen-bond donors (Lipinski definition) is 3. The summed E-state index contributed by atoms with van der Waals surface area (Å²) in [6.45, 7) is 3.65. The monoisotopic (exact) mass is 411 g/mol. The quantitative estimate of drug-likeness (QED) is 0.297. The van der Waals surface area contributed by atoms with Crippen molar-refractivity contribution in [1.29, 1.82) is 0 Å². The van der Waals surface area contributed by atoms with Crippen molar-refractivity contribution in [2.75, 3.05) is 32.6 Å². The first-order chi connectivity index (χ1) is 13.3. The molecule has 0 saturated carbocycles. The highest BCUT2D eigenvalue weighted by molar-refractivity contribution is 8.00. The molecule has 0 aliphatic carbocycles. The maximum absolute atomic E-state index is 12.3. The Balaban J connectivity index is 2.52. The molecule has 1 aromatic carbocycles. The van der Waals surface area contributed by atoms with Crippen molar-refractivity contribution in [3.63, 3.8) is 0 Å². The van der Waals surface area contributed by atoms with Gasteiger partial charge >= 0.3 is 12.0 Å². The molecule has 10 heteroatoms. The molecular formula is C18H25N3O6S. The molecule has 0 bridgehead atoms. The smallest absolute Gasteiger partial charge is 0.339 e. The van der Waals surface area contributed by atoms with Crippen LogP contribution >= 0.6 is 11.8 Å². The van der Waals surface area contributed by atoms with Gasteiger partial charge < -0.3 is 20.1 Å². The molecule has 4 amide bonds. The molecule has 0 unspecified atom stereocenters. The van der Waals surface area contributed by atoms with Gasteiger partial charge in [0, 0.05) is 24.6 Å². The lowest BCUT2D eigenvalue weighted by atomic mass is 10.2. The van der Waals surface area contributed by atoms with Crippen LogP contribution in [0.4, 0.5) is 4.79 Å². The molecular weight excluding hydrogens is 386 g/mol. The number of ether oxygens (including phenoxy) is 2. The van der Waals surface area contributed by atoms with Gasteiger partial charge in [0.05, 0.1) is 17.9 Å². The molecule has 0 heterocycles. The number of carbonyl (C=O) groups is 4. The van der Waals surface area contributed by atoms with Crippen LogP contribution in [-0.4, -0.2) is 62.5 Å². The van der Waals surface area contributed by atoms with Crippen LogP contribution < -0.4 is 16.0 Å². The highest BCUT2D eigenvalue weighted by Crippen LogP contribution is 2.23. The number of benzene rings is 1. The third-order valence-corrected chi connectivity index (χ3v) is 4.17. The highest BCUT2D eigenvalue weighted by Gasteiger charge is 2.16. The first-order valence-electron chi connectivity index (χ1n) is 8.58. The summed E-state index contributed by atoms with van der Waals surface area (Å²) < 4.78 is 9.72. The highest BCUT2D eigenvalue weighted by atomic mass is 32.2. The minimum atomic E-state index is -0.760. The van der Waals surface area contributed by atoms with Crippen molar-refractivity contribution in [3.8, 4) is 0 Å². The predicted molar refractivity (Wildman–Crippen MR) is 104 cm³/mol. The number of methoxy groups -OCH3 is 1. The van der Waals surface area contributed by atoms with Crippen LogP contribution in [0.3, 0.4) is 0 Å². The van der Waals surface area contributed by atoms with E-state index in [1.807, 2.05) is 19.2 Å². The Hall–Kier alpha value is -2.59. The van der Waals surface area contributed by atoms with Crippen molar-refractivity contribution < 1.29 is 28.7 Å². The second-order valence-electron chi connectivity index (χ2n) is 5.88. The van der Waals surface area contributed by atoms with Crippen LogP contribution in [0.25, 0.3) is 0 Å². The van der Waals surface area contributed by atoms with Crippen LogP contribution in [-0.2, 0) is 19.1 Å². The average molecular weight is 411 g/mol. The predicted octanol–water partition coefficient (Wildman–Crippen LogP) is 0.932. The van der Waals surface area contributed by atoms with Gasteiger partial charge in [0.15, 0.2) is 6.61 Å². The summed E-state index contributed by atoms with van der Waals surface area (Å²) >= 11 is 1.19. The summed E-state index contributed by atoms with van der Waals surface area (Å²) in [5.41, 5.74) is 0.238. The van der Waals surface area contributed by atoms with Gasteiger partial charge in [0.2, 0.25) is 5.91 Å². The SMILES string of the molecule is COCCNC(=O)NC(=O)COC(=O)c1ccccc1SCC(=O)NC(C)C. The first kappa shape index (κ1) is 23.4. The first-order valence-corrected chi connectivity index (χ1v) is 9.57. The van der Waals surface area contributed by atoms with Crippen molar-refractivity contribution >= 4 is 35.6 Å². The van der Waals surface area contributed by atoms with E-state index in [-0.39, 0.29) is 29.8 Å². The lowest BCUT2D eigenvalue weighted by Crippen LogP contribution is -2.42. The fraction of sp³-hybridized carbons (Fsp3) is 0.444. The average Bonchev–Trinajstić information content (AvgIpc) is 2.64. The number of carbonyl (C=O) groups excluding carboxylic acids is 4. The molecule has 0 atom stereocenters. The molecule has 0 aromatic heterocycles. The summed E-state index contributed by atoms with van der Waals surface area (Å²) in [6, 6.07) is 5.94. The van der Waals surface area contributed by atoms with Gasteiger partial charge in [-0.1, -0.05) is 12.1 Å². The van der Waals surface area contributed by atoms with Gasteiger partial charge in [0.25, 0.3) is 5.91 Å². The van der Waals surface area contributed by atoms with E-state index in [2.05, 4.69) is 10.6 Å². The molecule has 0 spiro atoms. The molecule has 0 saturated heterocycles. The third kappa shape index (κ3) is 9.38. The molecule has 154 valence electrons. The molecule has 0 aliphatic rings. The van der Waals surface area contributed by atoms with E-state index in [1.165, 1.54) is 18.9 Å². The zero-order valence-corrected chi connectivity index (χ0v) is 16.9. The van der Waals surface area contributed by atoms with E-state index < -0.39 is 24.5 Å². The van der Waals surface area contributed by atoms with Gasteiger partial charge in [-0.2, -0.15) is 0 Å². The number of nitrogens with one attached hydrogen (secondary N) is 3. The van der Waals surface area contributed by atoms with E-state index in [9.17, 15) is 19.2 Å². The number of urea groups is 1. The zero-order valence-electron chi connectivity index (χ0n) is 16.1. The fourth-order valence-corrected chi connectivity index (χ4v) is 2.80. The Bertz CT molecular complexity index is 696. The number of thioether (sulfide) groups is 1. The van der Waals surface area contributed by atoms with E-state index in [0.717, 1.165) is 0 Å². The Kier molecular flexibility index (Phi) is 10.7. The van der Waals surface area contributed by atoms with E-state index >= 15 is 0 Å². The van der Waals surface area contributed by atoms with Crippen LogP contribution in [0.15, 0.2) is 29.2 Å². The standard InChI is InChI=1S/C18H25N3O6S/c1-12(2)20-16(23)11-28-14-7-5-4-6-13(14)17(24)27-10-15(22)21-18(25)19-8-9-26-3/h4-7,12H,8-11H2,1-3H3,(H,20,23)(H2,19,21,22,25). The molecule has 28 heavy (non-hydrogen) atoms. The number of imide groups is 1. The van der Waals surface area contributed by atoms with Crippen LogP contribution in [0, 0.1) is 0 Å². The van der Waals surface area contributed by atoms with Crippen molar-refractivity contribution in [2.45, 2.75) is 24.8 Å². The van der Waals surface area contributed by atoms with E-state index in [1.54, 1.807) is 24.3 Å². The minimum Gasteiger partial charge on any atom is -0.452 e. The lowest BCUT2D eigenvalue weighted by molar-refractivity contribution is -0.123. The largest absolute Gasteiger partial charge is 0.452 e. The molecule has 1 aromatic rings. The summed E-state index contributed by atoms with van der Waals surface area (Å²) in [6.07, 6.45) is 0. The molecule has 1 rings (SSSR count). The van der Waals surface area contributed by atoms with Crippen LogP contribution in [0.5, 0.6) is 0 Å². The van der Waals surface area contributed by atoms with Crippen LogP contribution in [0.1, 0.15) is 24.2 Å². The topological polar surface area (TPSA) is 123 Å².